The van der Waals surface area contributed by atoms with E-state index in [0.717, 1.165) is 24.1 Å². The fourth-order valence-corrected chi connectivity index (χ4v) is 4.82. The Morgan fingerprint density at radius 1 is 1.00 bits per heavy atom. The molecule has 1 aromatic heterocycles. The van der Waals surface area contributed by atoms with Crippen LogP contribution in [0.3, 0.4) is 0 Å². The van der Waals surface area contributed by atoms with Gasteiger partial charge in [0.2, 0.25) is 11.8 Å². The molecule has 1 unspecified atom stereocenters. The lowest BCUT2D eigenvalue weighted by molar-refractivity contribution is -0.145. The van der Waals surface area contributed by atoms with Gasteiger partial charge in [0.25, 0.3) is 0 Å². The molecule has 2 amide bonds. The first-order valence-electron chi connectivity index (χ1n) is 14.9. The lowest BCUT2D eigenvalue weighted by atomic mass is 9.97. The number of carbonyl (C=O) groups is 3. The molecule has 44 heavy (non-hydrogen) atoms. The number of halogens is 2. The van der Waals surface area contributed by atoms with Gasteiger partial charge in [-0.3, -0.25) is 24.2 Å². The number of carbonyl (C=O) groups excluding carboxylic acids is 2. The number of pyridine rings is 1. The Morgan fingerprint density at radius 3 is 2.14 bits per heavy atom. The molecule has 5 N–H and O–H groups in total. The normalized spacial score (nSPS) is 13.3. The van der Waals surface area contributed by atoms with Crippen LogP contribution in [0, 0.1) is 11.8 Å². The molecule has 246 valence electrons. The van der Waals surface area contributed by atoms with Crippen molar-refractivity contribution in [1.82, 2.24) is 25.4 Å². The number of amides is 2. The number of carboxylic acid groups (broad SMARTS) is 1. The highest BCUT2D eigenvalue weighted by molar-refractivity contribution is 6.42. The summed E-state index contributed by atoms with van der Waals surface area (Å²) in [5.74, 6) is -0.206. The van der Waals surface area contributed by atoms with Crippen molar-refractivity contribution >= 4 is 46.8 Å². The molecule has 0 aliphatic rings. The molecule has 10 nitrogen and oxygen atoms in total. The molecule has 2 rings (SSSR count). The van der Waals surface area contributed by atoms with Crippen LogP contribution >= 0.6 is 23.2 Å². The summed E-state index contributed by atoms with van der Waals surface area (Å²) >= 11 is 12.1. The Kier molecular flexibility index (Phi) is 17.3. The number of rotatable bonds is 15. The van der Waals surface area contributed by atoms with Gasteiger partial charge in [-0.1, -0.05) is 69.5 Å². The second-order valence-electron chi connectivity index (χ2n) is 11.9. The number of nitrogens with one attached hydrogen (secondary N) is 2. The number of nitrogen functional groups attached to an aromatic ring is 1. The fraction of sp³-hybridized carbons (Fsp3) is 0.562. The van der Waals surface area contributed by atoms with E-state index in [4.69, 9.17) is 34.0 Å². The first-order chi connectivity index (χ1) is 20.5. The number of hydrogen-bond acceptors (Lipinski definition) is 7. The third kappa shape index (κ3) is 14.2. The zero-order chi connectivity index (χ0) is 33.6. The molecule has 0 saturated heterocycles. The molecule has 0 radical (unpaired) electrons. The van der Waals surface area contributed by atoms with Gasteiger partial charge in [0.1, 0.15) is 17.9 Å². The summed E-state index contributed by atoms with van der Waals surface area (Å²) in [5, 5.41) is 15.6. The minimum absolute atomic E-state index is 0.199. The van der Waals surface area contributed by atoms with Crippen LogP contribution in [-0.4, -0.2) is 83.0 Å². The zero-order valence-corrected chi connectivity index (χ0v) is 28.7. The number of nitrogens with two attached hydrogens (primary N) is 1. The Hall–Kier alpha value is -2.92. The number of aliphatic carboxylic acids is 1. The van der Waals surface area contributed by atoms with Crippen molar-refractivity contribution in [2.45, 2.75) is 79.1 Å². The fourth-order valence-electron chi connectivity index (χ4n) is 4.50. The van der Waals surface area contributed by atoms with Gasteiger partial charge in [-0.25, -0.2) is 4.98 Å². The van der Waals surface area contributed by atoms with Gasteiger partial charge in [-0.05, 0) is 69.1 Å². The molecule has 0 bridgehead atoms. The van der Waals surface area contributed by atoms with Crippen LogP contribution in [0.5, 0.6) is 0 Å². The molecular formula is C32H50Cl2N6O4. The minimum atomic E-state index is -0.765. The summed E-state index contributed by atoms with van der Waals surface area (Å²) in [7, 11) is 3.75. The Morgan fingerprint density at radius 2 is 1.64 bits per heavy atom. The molecule has 0 spiro atoms. The van der Waals surface area contributed by atoms with E-state index in [2.05, 4.69) is 29.5 Å². The van der Waals surface area contributed by atoms with Gasteiger partial charge < -0.3 is 21.5 Å². The molecule has 2 aromatic rings. The molecule has 1 aromatic carbocycles. The monoisotopic (exact) mass is 652 g/mol. The van der Waals surface area contributed by atoms with E-state index in [9.17, 15) is 14.4 Å². The van der Waals surface area contributed by atoms with Crippen molar-refractivity contribution in [3.8, 4) is 0 Å². The summed E-state index contributed by atoms with van der Waals surface area (Å²) in [6.45, 7) is 13.4. The van der Waals surface area contributed by atoms with Crippen LogP contribution < -0.4 is 16.4 Å². The van der Waals surface area contributed by atoms with Crippen molar-refractivity contribution in [2.24, 2.45) is 11.8 Å². The maximum atomic E-state index is 12.9. The summed E-state index contributed by atoms with van der Waals surface area (Å²) in [5.41, 5.74) is 7.19. The third-order valence-electron chi connectivity index (χ3n) is 7.17. The largest absolute Gasteiger partial charge is 0.480 e. The summed E-state index contributed by atoms with van der Waals surface area (Å²) in [6.07, 6.45) is 2.78. The van der Waals surface area contributed by atoms with Crippen molar-refractivity contribution in [1.29, 1.82) is 0 Å². The highest BCUT2D eigenvalue weighted by Crippen LogP contribution is 2.23. The smallest absolute Gasteiger partial charge is 0.321 e. The lowest BCUT2D eigenvalue weighted by Crippen LogP contribution is -2.50. The minimum Gasteiger partial charge on any atom is -0.480 e. The van der Waals surface area contributed by atoms with Crippen LogP contribution in [0.15, 0.2) is 36.5 Å². The van der Waals surface area contributed by atoms with Crippen molar-refractivity contribution in [3.05, 3.63) is 57.7 Å². The quantitative estimate of drug-likeness (QED) is 0.216. The third-order valence-corrected chi connectivity index (χ3v) is 7.91. The predicted octanol–water partition coefficient (Wildman–Crippen LogP) is 4.73. The van der Waals surface area contributed by atoms with Crippen LogP contribution in [0.4, 0.5) is 5.82 Å². The molecule has 3 atom stereocenters. The molecule has 12 heteroatoms. The van der Waals surface area contributed by atoms with Crippen LogP contribution in [-0.2, 0) is 27.3 Å². The van der Waals surface area contributed by atoms with Gasteiger partial charge in [0.15, 0.2) is 0 Å². The average Bonchev–Trinajstić information content (AvgIpc) is 2.93. The number of nitrogens with zero attached hydrogens (tertiary/aromatic N) is 3. The van der Waals surface area contributed by atoms with Crippen LogP contribution in [0.2, 0.25) is 10.0 Å². The first-order valence-corrected chi connectivity index (χ1v) is 15.7. The molecular weight excluding hydrogens is 603 g/mol. The number of anilines is 1. The molecule has 0 aliphatic carbocycles. The number of aromatic nitrogens is 1. The summed E-state index contributed by atoms with van der Waals surface area (Å²) in [6, 6.07) is 7.77. The highest BCUT2D eigenvalue weighted by atomic mass is 35.5. The molecule has 1 heterocycles. The number of carboxylic acids is 1. The molecule has 0 saturated carbocycles. The molecule has 0 aliphatic heterocycles. The first kappa shape index (κ1) is 39.1. The topological polar surface area (TPSA) is 141 Å². The van der Waals surface area contributed by atoms with Crippen LogP contribution in [0.1, 0.15) is 59.1 Å². The van der Waals surface area contributed by atoms with Crippen molar-refractivity contribution in [3.63, 3.8) is 0 Å². The van der Waals surface area contributed by atoms with E-state index in [1.54, 1.807) is 36.5 Å². The van der Waals surface area contributed by atoms with E-state index >= 15 is 0 Å². The highest BCUT2D eigenvalue weighted by Gasteiger charge is 2.29. The van der Waals surface area contributed by atoms with E-state index in [1.165, 1.54) is 0 Å². The van der Waals surface area contributed by atoms with Gasteiger partial charge in [0.05, 0.1) is 16.6 Å². The van der Waals surface area contributed by atoms with Crippen molar-refractivity contribution < 1.29 is 19.5 Å². The molecule has 0 fully saturated rings. The second kappa shape index (κ2) is 19.5. The zero-order valence-electron chi connectivity index (χ0n) is 27.2. The van der Waals surface area contributed by atoms with E-state index in [0.29, 0.717) is 21.8 Å². The summed E-state index contributed by atoms with van der Waals surface area (Å²) in [4.78, 5) is 44.3. The lowest BCUT2D eigenvalue weighted by Gasteiger charge is -2.31. The van der Waals surface area contributed by atoms with Gasteiger partial charge in [-0.15, -0.1) is 0 Å². The SMILES string of the molecule is CC(C)CN(C)CC(=O)N[C@@H](Cc1ccc(Cl)c(Cl)c1)C(=O)NCc1ccc(N)nc1.CCC(C)[C@H](C(=O)O)N(C)C(C)C. The Bertz CT molecular complexity index is 1200. The maximum absolute atomic E-state index is 12.9. The van der Waals surface area contributed by atoms with E-state index in [1.807, 2.05) is 51.6 Å². The number of likely N-dealkylation sites (N-methyl/N-ethyl adjacent to an activating group) is 2. The summed E-state index contributed by atoms with van der Waals surface area (Å²) < 4.78 is 0. The number of benzene rings is 1. The average molecular weight is 654 g/mol. The number of hydrogen-bond donors (Lipinski definition) is 4. The standard InChI is InChI=1S/C22H29Cl2N5O2.C10H21NO2/c1-14(2)12-29(3)13-21(30)28-19(9-15-4-6-17(23)18(24)8-15)22(31)27-11-16-5-7-20(25)26-10-16;1-6-8(4)9(10(12)13)11(5)7(2)3/h4-8,10,14,19H,9,11-13H2,1-3H3,(H2,25,26)(H,27,31)(H,28,30);7-9H,6H2,1-5H3,(H,12,13)/t19-;8?,9-/m01/s1. The van der Waals surface area contributed by atoms with Gasteiger partial charge in [-0.2, -0.15) is 0 Å². The predicted molar refractivity (Wildman–Crippen MR) is 179 cm³/mol. The van der Waals surface area contributed by atoms with Gasteiger partial charge in [0, 0.05) is 31.7 Å². The Balaban J connectivity index is 0.000000627. The van der Waals surface area contributed by atoms with E-state index < -0.39 is 12.0 Å². The second-order valence-corrected chi connectivity index (χ2v) is 12.7. The van der Waals surface area contributed by atoms with Crippen molar-refractivity contribution in [2.75, 3.05) is 32.9 Å². The maximum Gasteiger partial charge on any atom is 0.321 e. The van der Waals surface area contributed by atoms with Crippen LogP contribution in [0.25, 0.3) is 0 Å². The van der Waals surface area contributed by atoms with Gasteiger partial charge >= 0.3 is 5.97 Å². The van der Waals surface area contributed by atoms with E-state index in [-0.39, 0.29) is 49.3 Å². The Labute approximate surface area is 272 Å².